The van der Waals surface area contributed by atoms with Crippen molar-refractivity contribution in [2.75, 3.05) is 0 Å². The van der Waals surface area contributed by atoms with Gasteiger partial charge in [-0.05, 0) is 40.5 Å². The summed E-state index contributed by atoms with van der Waals surface area (Å²) in [7, 11) is 4.73. The molecular weight excluding hydrogens is 254 g/mol. The third kappa shape index (κ3) is 1.34. The van der Waals surface area contributed by atoms with Crippen molar-refractivity contribution in [3.05, 3.63) is 59.2 Å². The van der Waals surface area contributed by atoms with Gasteiger partial charge in [0.2, 0.25) is 0 Å². The van der Waals surface area contributed by atoms with Crippen molar-refractivity contribution in [3.63, 3.8) is 0 Å². The van der Waals surface area contributed by atoms with Gasteiger partial charge in [-0.2, -0.15) is 0 Å². The van der Waals surface area contributed by atoms with Crippen LogP contribution in [0.2, 0.25) is 0 Å². The molecule has 18 heavy (non-hydrogen) atoms. The summed E-state index contributed by atoms with van der Waals surface area (Å²) < 4.78 is 0. The summed E-state index contributed by atoms with van der Waals surface area (Å²) in [5, 5.41) is -0.116. The predicted molar refractivity (Wildman–Crippen MR) is 85.8 cm³/mol. The van der Waals surface area contributed by atoms with E-state index in [4.69, 9.17) is 0 Å². The fourth-order valence-electron chi connectivity index (χ4n) is 2.89. The minimum Gasteiger partial charge on any atom is -0.125 e. The standard InChI is InChI=1S/C16H14P2/c1-11-6-5-9-14-15(11)12-7-3-4-8-13(12)16(14,10-17)18-2/h3-10,17H,2H2,1H3. The SMILES string of the molecule is C=PC1(C=P)c2ccccc2-c2c(C)cccc21. The molecule has 1 unspecified atom stereocenters. The molecule has 0 heterocycles. The van der Waals surface area contributed by atoms with Crippen molar-refractivity contribution in [1.82, 2.24) is 0 Å². The topological polar surface area (TPSA) is 0 Å². The zero-order valence-corrected chi connectivity index (χ0v) is 12.2. The molecule has 0 spiro atoms. The second kappa shape index (κ2) is 4.16. The van der Waals surface area contributed by atoms with E-state index in [1.54, 1.807) is 0 Å². The van der Waals surface area contributed by atoms with Crippen molar-refractivity contribution in [3.8, 4) is 11.1 Å². The van der Waals surface area contributed by atoms with Crippen LogP contribution in [0.4, 0.5) is 0 Å². The van der Waals surface area contributed by atoms with Crippen LogP contribution in [0.25, 0.3) is 11.1 Å². The summed E-state index contributed by atoms with van der Waals surface area (Å²) in [5.74, 6) is 2.10. The molecule has 0 aromatic heterocycles. The van der Waals surface area contributed by atoms with Gasteiger partial charge in [0.1, 0.15) is 0 Å². The maximum Gasteiger partial charge on any atom is 0.0845 e. The largest absolute Gasteiger partial charge is 0.125 e. The molecular formula is C16H14P2. The monoisotopic (exact) mass is 268 g/mol. The molecule has 0 bridgehead atoms. The fourth-order valence-corrected chi connectivity index (χ4v) is 4.29. The van der Waals surface area contributed by atoms with Crippen LogP contribution in [0.3, 0.4) is 0 Å². The van der Waals surface area contributed by atoms with E-state index in [0.29, 0.717) is 0 Å². The van der Waals surface area contributed by atoms with Gasteiger partial charge in [-0.15, -0.1) is 8.86 Å². The Balaban J connectivity index is 2.50. The van der Waals surface area contributed by atoms with Crippen LogP contribution in [-0.4, -0.2) is 12.1 Å². The van der Waals surface area contributed by atoms with Gasteiger partial charge in [0, 0.05) is 0 Å². The summed E-state index contributed by atoms with van der Waals surface area (Å²) >= 11 is 0. The lowest BCUT2D eigenvalue weighted by Gasteiger charge is -2.22. The Morgan fingerprint density at radius 1 is 1.11 bits per heavy atom. The van der Waals surface area contributed by atoms with Gasteiger partial charge in [0.05, 0.1) is 5.16 Å². The quantitative estimate of drug-likeness (QED) is 0.701. The molecule has 0 saturated heterocycles. The van der Waals surface area contributed by atoms with Gasteiger partial charge >= 0.3 is 0 Å². The molecule has 0 saturated carbocycles. The van der Waals surface area contributed by atoms with Crippen molar-refractivity contribution in [2.45, 2.75) is 12.1 Å². The van der Waals surface area contributed by atoms with Crippen LogP contribution in [0, 0.1) is 6.92 Å². The van der Waals surface area contributed by atoms with Crippen molar-refractivity contribution in [1.29, 1.82) is 0 Å². The average molecular weight is 268 g/mol. The number of rotatable bonds is 2. The zero-order chi connectivity index (χ0) is 12.8. The Kier molecular flexibility index (Phi) is 2.74. The summed E-state index contributed by atoms with van der Waals surface area (Å²) in [6.07, 6.45) is 4.15. The minimum atomic E-state index is -0.116. The Morgan fingerprint density at radius 3 is 2.56 bits per heavy atom. The third-order valence-electron chi connectivity index (χ3n) is 3.75. The van der Waals surface area contributed by atoms with E-state index in [0.717, 1.165) is 8.20 Å². The molecule has 2 aromatic rings. The highest BCUT2D eigenvalue weighted by Crippen LogP contribution is 2.54. The molecule has 0 fully saturated rings. The third-order valence-corrected chi connectivity index (χ3v) is 5.53. The van der Waals surface area contributed by atoms with Crippen LogP contribution < -0.4 is 0 Å². The Hall–Kier alpha value is -1.22. The highest BCUT2D eigenvalue weighted by molar-refractivity contribution is 7.41. The molecule has 1 aliphatic carbocycles. The number of hydrogen-bond donors (Lipinski definition) is 0. The average Bonchev–Trinajstić information content (AvgIpc) is 2.70. The number of fused-ring (bicyclic) bond motifs is 3. The van der Waals surface area contributed by atoms with Gasteiger partial charge in [0.25, 0.3) is 0 Å². The number of aryl methyl sites for hydroxylation is 1. The first-order valence-corrected chi connectivity index (χ1v) is 7.60. The lowest BCUT2D eigenvalue weighted by atomic mass is 9.97. The normalized spacial score (nSPS) is 20.5. The summed E-state index contributed by atoms with van der Waals surface area (Å²) in [6, 6.07) is 15.2. The van der Waals surface area contributed by atoms with Crippen LogP contribution in [0.5, 0.6) is 0 Å². The van der Waals surface area contributed by atoms with Gasteiger partial charge in [-0.25, -0.2) is 0 Å². The fraction of sp³-hybridized carbons (Fsp3) is 0.125. The highest BCUT2D eigenvalue weighted by atomic mass is 31.1. The van der Waals surface area contributed by atoms with Crippen LogP contribution in [0.15, 0.2) is 42.5 Å². The molecule has 2 heteroatoms. The first kappa shape index (κ1) is 11.8. The molecule has 2 aromatic carbocycles. The maximum absolute atomic E-state index is 4.15. The van der Waals surface area contributed by atoms with Crippen LogP contribution in [-0.2, 0) is 5.16 Å². The van der Waals surface area contributed by atoms with Crippen LogP contribution >= 0.6 is 17.1 Å². The van der Waals surface area contributed by atoms with E-state index < -0.39 is 0 Å². The number of hydrogen-bond acceptors (Lipinski definition) is 0. The molecule has 0 N–H and O–H groups in total. The van der Waals surface area contributed by atoms with Crippen molar-refractivity contribution in [2.24, 2.45) is 0 Å². The zero-order valence-electron chi connectivity index (χ0n) is 10.3. The summed E-state index contributed by atoms with van der Waals surface area (Å²) in [5.41, 5.74) is 6.75. The van der Waals surface area contributed by atoms with E-state index in [1.165, 1.54) is 27.8 Å². The second-order valence-electron chi connectivity index (χ2n) is 4.61. The van der Waals surface area contributed by atoms with E-state index >= 15 is 0 Å². The lowest BCUT2D eigenvalue weighted by Crippen LogP contribution is -2.18. The highest BCUT2D eigenvalue weighted by Gasteiger charge is 2.39. The van der Waals surface area contributed by atoms with Gasteiger partial charge < -0.3 is 0 Å². The summed E-state index contributed by atoms with van der Waals surface area (Å²) in [6.45, 7) is 2.18. The first-order valence-electron chi connectivity index (χ1n) is 5.94. The van der Waals surface area contributed by atoms with E-state index in [-0.39, 0.29) is 5.16 Å². The predicted octanol–water partition coefficient (Wildman–Crippen LogP) is 4.54. The van der Waals surface area contributed by atoms with Gasteiger partial charge in [-0.1, -0.05) is 57.0 Å². The minimum absolute atomic E-state index is 0.116. The molecule has 0 radical (unpaired) electrons. The molecule has 88 valence electrons. The molecule has 3 rings (SSSR count). The van der Waals surface area contributed by atoms with Crippen molar-refractivity contribution < 1.29 is 0 Å². The maximum atomic E-state index is 4.15. The van der Waals surface area contributed by atoms with E-state index in [1.807, 2.05) is 0 Å². The smallest absolute Gasteiger partial charge is 0.0845 e. The molecule has 1 aliphatic rings. The van der Waals surface area contributed by atoms with Gasteiger partial charge in [0.15, 0.2) is 0 Å². The molecule has 1 atom stereocenters. The molecule has 0 aliphatic heterocycles. The molecule has 0 amide bonds. The number of benzene rings is 2. The van der Waals surface area contributed by atoms with Crippen LogP contribution in [0.1, 0.15) is 16.7 Å². The Bertz CT molecular complexity index is 648. The van der Waals surface area contributed by atoms with Crippen molar-refractivity contribution >= 4 is 29.2 Å². The first-order chi connectivity index (χ1) is 8.74. The van der Waals surface area contributed by atoms with E-state index in [9.17, 15) is 0 Å². The molecule has 0 nitrogen and oxygen atoms in total. The Morgan fingerprint density at radius 2 is 1.83 bits per heavy atom. The second-order valence-corrected chi connectivity index (χ2v) is 5.92. The van der Waals surface area contributed by atoms with E-state index in [2.05, 4.69) is 70.3 Å². The van der Waals surface area contributed by atoms with Gasteiger partial charge in [-0.3, -0.25) is 0 Å². The lowest BCUT2D eigenvalue weighted by molar-refractivity contribution is 1.08. The Labute approximate surface area is 112 Å². The summed E-state index contributed by atoms with van der Waals surface area (Å²) in [4.78, 5) is 0.